The minimum absolute atomic E-state index is 0.0366. The van der Waals surface area contributed by atoms with Crippen LogP contribution in [0.3, 0.4) is 0 Å². The van der Waals surface area contributed by atoms with E-state index in [0.717, 1.165) is 73.0 Å². The monoisotopic (exact) mass is 488 g/mol. The molecule has 8 nitrogen and oxygen atoms in total. The highest BCUT2D eigenvalue weighted by atomic mass is 16.5. The van der Waals surface area contributed by atoms with Crippen molar-refractivity contribution in [1.82, 2.24) is 15.1 Å². The van der Waals surface area contributed by atoms with Gasteiger partial charge in [0.25, 0.3) is 0 Å². The first kappa shape index (κ1) is 23.9. The highest BCUT2D eigenvalue weighted by molar-refractivity contribution is 5.79. The van der Waals surface area contributed by atoms with Gasteiger partial charge in [-0.25, -0.2) is 0 Å². The largest absolute Gasteiger partial charge is 0.497 e. The molecule has 5 rings (SSSR count). The zero-order valence-electron chi connectivity index (χ0n) is 21.1. The van der Waals surface area contributed by atoms with Gasteiger partial charge in [-0.1, -0.05) is 0 Å². The fourth-order valence-corrected chi connectivity index (χ4v) is 5.09. The van der Waals surface area contributed by atoms with E-state index >= 15 is 0 Å². The summed E-state index contributed by atoms with van der Waals surface area (Å²) < 4.78 is 16.1. The molecule has 3 aromatic rings. The molecule has 3 heterocycles. The first-order chi connectivity index (χ1) is 17.6. The Morgan fingerprint density at radius 2 is 1.53 bits per heavy atom. The Morgan fingerprint density at radius 1 is 0.833 bits per heavy atom. The molecule has 0 N–H and O–H groups in total. The number of piperidine rings is 1. The lowest BCUT2D eigenvalue weighted by Crippen LogP contribution is -2.44. The van der Waals surface area contributed by atoms with E-state index in [9.17, 15) is 4.79 Å². The molecule has 0 unspecified atom stereocenters. The van der Waals surface area contributed by atoms with Crippen LogP contribution in [0.4, 0.5) is 5.82 Å². The smallest absolute Gasteiger partial charge is 0.226 e. The predicted molar refractivity (Wildman–Crippen MR) is 138 cm³/mol. The van der Waals surface area contributed by atoms with Crippen molar-refractivity contribution in [2.45, 2.75) is 25.8 Å². The lowest BCUT2D eigenvalue weighted by molar-refractivity contribution is -0.137. The summed E-state index contributed by atoms with van der Waals surface area (Å²) in [6.07, 6.45) is 2.46. The molecule has 1 saturated heterocycles. The topological polar surface area (TPSA) is 77.0 Å². The molecule has 0 saturated carbocycles. The molecule has 0 bridgehead atoms. The van der Waals surface area contributed by atoms with Crippen molar-refractivity contribution in [1.29, 1.82) is 0 Å². The van der Waals surface area contributed by atoms with E-state index in [2.05, 4.69) is 15.1 Å². The Morgan fingerprint density at radius 3 is 2.14 bits per heavy atom. The van der Waals surface area contributed by atoms with Gasteiger partial charge in [0.2, 0.25) is 5.91 Å². The molecule has 1 fully saturated rings. The van der Waals surface area contributed by atoms with Gasteiger partial charge in [0.1, 0.15) is 5.75 Å². The van der Waals surface area contributed by atoms with Crippen molar-refractivity contribution in [3.05, 3.63) is 59.7 Å². The molecule has 2 aliphatic rings. The third-order valence-corrected chi connectivity index (χ3v) is 7.23. The minimum atomic E-state index is 0.0366. The van der Waals surface area contributed by atoms with Crippen LogP contribution in [-0.4, -0.2) is 62.0 Å². The van der Waals surface area contributed by atoms with Crippen molar-refractivity contribution in [2.24, 2.45) is 5.92 Å². The number of ether oxygens (including phenoxy) is 3. The van der Waals surface area contributed by atoms with Crippen LogP contribution < -0.4 is 19.1 Å². The third-order valence-electron chi connectivity index (χ3n) is 7.23. The fourth-order valence-electron chi connectivity index (χ4n) is 5.09. The number of benzene rings is 2. The molecule has 0 spiro atoms. The van der Waals surface area contributed by atoms with Gasteiger partial charge in [-0.2, -0.15) is 0 Å². The number of fused-ring (bicyclic) bond motifs is 1. The van der Waals surface area contributed by atoms with Crippen LogP contribution in [0, 0.1) is 5.92 Å². The average Bonchev–Trinajstić information content (AvgIpc) is 2.96. The maximum Gasteiger partial charge on any atom is 0.226 e. The Balaban J connectivity index is 1.18. The lowest BCUT2D eigenvalue weighted by Gasteiger charge is -2.36. The molecule has 0 radical (unpaired) electrons. The second kappa shape index (κ2) is 10.4. The number of carbonyl (C=O) groups excluding carboxylic acids is 1. The van der Waals surface area contributed by atoms with E-state index < -0.39 is 0 Å². The Bertz CT molecular complexity index is 1210. The Labute approximate surface area is 211 Å². The molecular weight excluding hydrogens is 456 g/mol. The van der Waals surface area contributed by atoms with Gasteiger partial charge in [-0.05, 0) is 78.9 Å². The summed E-state index contributed by atoms with van der Waals surface area (Å²) in [5.41, 5.74) is 4.18. The zero-order chi connectivity index (χ0) is 25.1. The van der Waals surface area contributed by atoms with E-state index in [4.69, 9.17) is 14.2 Å². The molecule has 1 amide bonds. The van der Waals surface area contributed by atoms with Gasteiger partial charge >= 0.3 is 0 Å². The van der Waals surface area contributed by atoms with Gasteiger partial charge in [0.15, 0.2) is 17.3 Å². The lowest BCUT2D eigenvalue weighted by atomic mass is 9.92. The summed E-state index contributed by atoms with van der Waals surface area (Å²) in [4.78, 5) is 17.6. The number of aromatic nitrogens is 2. The first-order valence-electron chi connectivity index (χ1n) is 12.3. The fraction of sp³-hybridized carbons (Fsp3) is 0.393. The molecular formula is C28H32N4O4. The summed E-state index contributed by atoms with van der Waals surface area (Å²) in [6.45, 7) is 2.94. The van der Waals surface area contributed by atoms with Crippen LogP contribution in [-0.2, 0) is 17.8 Å². The summed E-state index contributed by atoms with van der Waals surface area (Å²) in [5, 5.41) is 8.89. The van der Waals surface area contributed by atoms with Crippen molar-refractivity contribution in [3.8, 4) is 28.5 Å². The van der Waals surface area contributed by atoms with Crippen LogP contribution in [0.25, 0.3) is 11.3 Å². The number of hydrogen-bond acceptors (Lipinski definition) is 7. The summed E-state index contributed by atoms with van der Waals surface area (Å²) in [5.74, 6) is 3.40. The van der Waals surface area contributed by atoms with Gasteiger partial charge in [0, 0.05) is 37.7 Å². The molecule has 0 aliphatic carbocycles. The van der Waals surface area contributed by atoms with Crippen molar-refractivity contribution < 1.29 is 19.0 Å². The van der Waals surface area contributed by atoms with Crippen molar-refractivity contribution in [3.63, 3.8) is 0 Å². The number of amides is 1. The van der Waals surface area contributed by atoms with Crippen molar-refractivity contribution in [2.75, 3.05) is 45.9 Å². The van der Waals surface area contributed by atoms with Crippen LogP contribution in [0.2, 0.25) is 0 Å². The summed E-state index contributed by atoms with van der Waals surface area (Å²) in [7, 11) is 4.94. The van der Waals surface area contributed by atoms with Crippen LogP contribution >= 0.6 is 0 Å². The minimum Gasteiger partial charge on any atom is -0.497 e. The van der Waals surface area contributed by atoms with Gasteiger partial charge in [0.05, 0.1) is 27.0 Å². The van der Waals surface area contributed by atoms with E-state index in [-0.39, 0.29) is 11.8 Å². The standard InChI is InChI=1S/C28H32N4O4/c1-34-23-6-4-19(5-7-23)24-8-9-27(30-29-24)31-13-10-20(11-14-31)28(33)32-15-12-21-16-25(35-2)26(36-3)17-22(21)18-32/h4-9,16-17,20H,10-15,18H2,1-3H3. The molecule has 2 aliphatic heterocycles. The van der Waals surface area contributed by atoms with Crippen molar-refractivity contribution >= 4 is 11.7 Å². The Hall–Kier alpha value is -3.81. The first-order valence-corrected chi connectivity index (χ1v) is 12.3. The molecule has 36 heavy (non-hydrogen) atoms. The van der Waals surface area contributed by atoms with E-state index in [1.54, 1.807) is 21.3 Å². The SMILES string of the molecule is COc1ccc(-c2ccc(N3CCC(C(=O)N4CCc5cc(OC)c(OC)cc5C4)CC3)nn2)cc1. The van der Waals surface area contributed by atoms with Crippen LogP contribution in [0.5, 0.6) is 17.2 Å². The van der Waals surface area contributed by atoms with Crippen LogP contribution in [0.1, 0.15) is 24.0 Å². The van der Waals surface area contributed by atoms with E-state index in [0.29, 0.717) is 12.3 Å². The summed E-state index contributed by atoms with van der Waals surface area (Å²) >= 11 is 0. The zero-order valence-corrected chi connectivity index (χ0v) is 21.1. The maximum absolute atomic E-state index is 13.3. The van der Waals surface area contributed by atoms with Crippen LogP contribution in [0.15, 0.2) is 48.5 Å². The number of methoxy groups -OCH3 is 3. The van der Waals surface area contributed by atoms with Gasteiger partial charge in [-0.15, -0.1) is 10.2 Å². The second-order valence-electron chi connectivity index (χ2n) is 9.25. The second-order valence-corrected chi connectivity index (χ2v) is 9.25. The molecule has 8 heteroatoms. The van der Waals surface area contributed by atoms with E-state index in [1.165, 1.54) is 5.56 Å². The highest BCUT2D eigenvalue weighted by Crippen LogP contribution is 2.34. The number of rotatable bonds is 6. The molecule has 1 aromatic heterocycles. The predicted octanol–water partition coefficient (Wildman–Crippen LogP) is 3.97. The number of hydrogen-bond donors (Lipinski definition) is 0. The maximum atomic E-state index is 13.3. The molecule has 188 valence electrons. The number of carbonyl (C=O) groups is 1. The Kier molecular flexibility index (Phi) is 6.93. The number of nitrogens with zero attached hydrogens (tertiary/aromatic N) is 4. The number of anilines is 1. The third kappa shape index (κ3) is 4.80. The molecule has 2 aromatic carbocycles. The van der Waals surface area contributed by atoms with Gasteiger partial charge in [-0.3, -0.25) is 4.79 Å². The average molecular weight is 489 g/mol. The normalized spacial score (nSPS) is 15.9. The quantitative estimate of drug-likeness (QED) is 0.520. The summed E-state index contributed by atoms with van der Waals surface area (Å²) in [6, 6.07) is 15.8. The highest BCUT2D eigenvalue weighted by Gasteiger charge is 2.31. The van der Waals surface area contributed by atoms with E-state index in [1.807, 2.05) is 53.4 Å². The molecule has 0 atom stereocenters. The van der Waals surface area contributed by atoms with Gasteiger partial charge < -0.3 is 24.0 Å².